The van der Waals surface area contributed by atoms with E-state index >= 15 is 0 Å². The number of hydrogen-bond donors (Lipinski definition) is 1. The fourth-order valence-electron chi connectivity index (χ4n) is 7.13. The van der Waals surface area contributed by atoms with Gasteiger partial charge in [-0.15, -0.1) is 0 Å². The Morgan fingerprint density at radius 1 is 1.03 bits per heavy atom. The lowest BCUT2D eigenvalue weighted by molar-refractivity contribution is -0.104. The van der Waals surface area contributed by atoms with Gasteiger partial charge < -0.3 is 19.7 Å². The Balaban J connectivity index is 1.14. The van der Waals surface area contributed by atoms with Crippen molar-refractivity contribution in [2.45, 2.75) is 87.5 Å². The maximum absolute atomic E-state index is 6.42. The molecule has 0 radical (unpaired) electrons. The summed E-state index contributed by atoms with van der Waals surface area (Å²) in [5.74, 6) is 0. The summed E-state index contributed by atoms with van der Waals surface area (Å²) in [6.45, 7) is 4.68. The molecular weight excluding hydrogens is 422 g/mol. The number of ether oxygens (including phenoxy) is 2. The number of morpholine rings is 1. The van der Waals surface area contributed by atoms with E-state index in [2.05, 4.69) is 46.6 Å². The third-order valence-electron chi connectivity index (χ3n) is 8.96. The number of anilines is 1. The molecule has 4 saturated heterocycles. The van der Waals surface area contributed by atoms with Crippen LogP contribution in [-0.4, -0.2) is 49.0 Å². The molecule has 182 valence electrons. The monoisotopic (exact) mass is 461 g/mol. The molecule has 3 atom stereocenters. The first-order valence-corrected chi connectivity index (χ1v) is 13.5. The molecule has 1 aromatic heterocycles. The molecule has 4 aliphatic heterocycles. The second-order valence-corrected chi connectivity index (χ2v) is 11.1. The average molecular weight is 462 g/mol. The fourth-order valence-corrected chi connectivity index (χ4v) is 7.13. The van der Waals surface area contributed by atoms with Crippen molar-refractivity contribution in [3.63, 3.8) is 0 Å². The molecule has 1 spiro atoms. The van der Waals surface area contributed by atoms with Crippen molar-refractivity contribution in [1.82, 2.24) is 10.3 Å². The maximum Gasteiger partial charge on any atom is 0.0751 e. The number of piperidine rings is 1. The zero-order valence-corrected chi connectivity index (χ0v) is 20.4. The minimum Gasteiger partial charge on any atom is -0.375 e. The lowest BCUT2D eigenvalue weighted by Crippen LogP contribution is -2.54. The van der Waals surface area contributed by atoms with Crippen LogP contribution in [0.2, 0.25) is 0 Å². The Kier molecular flexibility index (Phi) is 6.35. The number of fused-ring (bicyclic) bond motifs is 3. The molecule has 7 rings (SSSR count). The Bertz CT molecular complexity index is 953. The molecule has 34 heavy (non-hydrogen) atoms. The number of pyridine rings is 1. The molecule has 1 saturated carbocycles. The van der Waals surface area contributed by atoms with E-state index in [1.165, 1.54) is 55.5 Å². The molecule has 0 amide bonds. The molecule has 5 heteroatoms. The highest BCUT2D eigenvalue weighted by Crippen LogP contribution is 2.49. The fraction of sp³-hybridized carbons (Fsp3) is 0.621. The highest BCUT2D eigenvalue weighted by molar-refractivity contribution is 5.55. The Morgan fingerprint density at radius 2 is 1.91 bits per heavy atom. The van der Waals surface area contributed by atoms with Crippen LogP contribution in [0.25, 0.3) is 0 Å². The number of nitrogens with one attached hydrogen (secondary N) is 1. The topological polar surface area (TPSA) is 46.6 Å². The van der Waals surface area contributed by atoms with Gasteiger partial charge in [0.1, 0.15) is 0 Å². The Hall–Kier alpha value is -1.95. The highest BCUT2D eigenvalue weighted by atomic mass is 16.5. The van der Waals surface area contributed by atoms with Gasteiger partial charge in [-0.3, -0.25) is 4.98 Å². The molecule has 5 aliphatic rings. The summed E-state index contributed by atoms with van der Waals surface area (Å²) in [5, 5.41) is 3.82. The number of aromatic nitrogens is 1. The summed E-state index contributed by atoms with van der Waals surface area (Å²) in [6, 6.07) is 15.9. The van der Waals surface area contributed by atoms with Gasteiger partial charge in [-0.1, -0.05) is 37.1 Å². The molecular formula is C29H39N3O2. The predicted molar refractivity (Wildman–Crippen MR) is 135 cm³/mol. The summed E-state index contributed by atoms with van der Waals surface area (Å²) >= 11 is 0. The number of rotatable bonds is 7. The van der Waals surface area contributed by atoms with Crippen molar-refractivity contribution in [2.75, 3.05) is 31.2 Å². The SMILES string of the molecule is c1ccc(C2(CCNCc3ccccc3N3CC4CCC3CO4)CCOC3(CCCC3)C2)nc1. The maximum atomic E-state index is 6.42. The third-order valence-corrected chi connectivity index (χ3v) is 8.96. The summed E-state index contributed by atoms with van der Waals surface area (Å²) in [4.78, 5) is 7.46. The molecule has 1 aromatic carbocycles. The van der Waals surface area contributed by atoms with Gasteiger partial charge in [0.15, 0.2) is 0 Å². The van der Waals surface area contributed by atoms with Crippen LogP contribution in [0.4, 0.5) is 5.69 Å². The second kappa shape index (κ2) is 9.60. The van der Waals surface area contributed by atoms with E-state index in [1.54, 1.807) is 0 Å². The normalized spacial score (nSPS) is 30.2. The van der Waals surface area contributed by atoms with Crippen LogP contribution in [0, 0.1) is 0 Å². The minimum absolute atomic E-state index is 0.0814. The van der Waals surface area contributed by atoms with Crippen molar-refractivity contribution in [3.8, 4) is 0 Å². The number of hydrogen-bond acceptors (Lipinski definition) is 5. The molecule has 1 N–H and O–H groups in total. The van der Waals surface area contributed by atoms with Crippen LogP contribution >= 0.6 is 0 Å². The molecule has 2 aromatic rings. The number of nitrogens with zero attached hydrogens (tertiary/aromatic N) is 2. The van der Waals surface area contributed by atoms with Crippen LogP contribution in [0.5, 0.6) is 0 Å². The van der Waals surface area contributed by atoms with Crippen molar-refractivity contribution in [2.24, 2.45) is 0 Å². The Morgan fingerprint density at radius 3 is 2.68 bits per heavy atom. The molecule has 5 fully saturated rings. The first-order chi connectivity index (χ1) is 16.8. The van der Waals surface area contributed by atoms with Gasteiger partial charge >= 0.3 is 0 Å². The van der Waals surface area contributed by atoms with E-state index in [0.717, 1.165) is 52.1 Å². The molecule has 2 bridgehead atoms. The van der Waals surface area contributed by atoms with Crippen LogP contribution in [0.15, 0.2) is 48.7 Å². The van der Waals surface area contributed by atoms with Gasteiger partial charge in [0.2, 0.25) is 0 Å². The molecule has 5 nitrogen and oxygen atoms in total. The second-order valence-electron chi connectivity index (χ2n) is 11.1. The summed E-state index contributed by atoms with van der Waals surface area (Å²) < 4.78 is 12.4. The van der Waals surface area contributed by atoms with E-state index in [9.17, 15) is 0 Å². The number of para-hydroxylation sites is 1. The minimum atomic E-state index is 0.0814. The van der Waals surface area contributed by atoms with Crippen LogP contribution < -0.4 is 10.2 Å². The summed E-state index contributed by atoms with van der Waals surface area (Å²) in [7, 11) is 0. The molecule has 3 unspecified atom stereocenters. The first kappa shape index (κ1) is 22.5. The predicted octanol–water partition coefficient (Wildman–Crippen LogP) is 4.99. The standard InChI is InChI=1S/C29H39N3O2/c1-2-8-26(32-20-25-11-10-24(32)21-33-25)23(7-1)19-30-17-14-28(27-9-3-6-16-31-27)15-18-34-29(22-28)12-4-5-13-29/h1-3,6-9,16,24-25,30H,4-5,10-15,17-22H2. The Labute approximate surface area is 204 Å². The van der Waals surface area contributed by atoms with Crippen molar-refractivity contribution in [3.05, 3.63) is 59.9 Å². The van der Waals surface area contributed by atoms with Crippen LogP contribution in [0.3, 0.4) is 0 Å². The van der Waals surface area contributed by atoms with Gasteiger partial charge in [0, 0.05) is 42.7 Å². The first-order valence-electron chi connectivity index (χ1n) is 13.5. The van der Waals surface area contributed by atoms with E-state index in [1.807, 2.05) is 12.3 Å². The van der Waals surface area contributed by atoms with Gasteiger partial charge in [-0.05, 0) is 75.3 Å². The summed E-state index contributed by atoms with van der Waals surface area (Å²) in [5.41, 5.74) is 4.25. The highest BCUT2D eigenvalue weighted by Gasteiger charge is 2.48. The van der Waals surface area contributed by atoms with Crippen LogP contribution in [-0.2, 0) is 21.4 Å². The van der Waals surface area contributed by atoms with Gasteiger partial charge in [-0.25, -0.2) is 0 Å². The summed E-state index contributed by atoms with van der Waals surface area (Å²) in [6.07, 6.45) is 13.2. The van der Waals surface area contributed by atoms with Crippen molar-refractivity contribution >= 4 is 5.69 Å². The smallest absolute Gasteiger partial charge is 0.0751 e. The van der Waals surface area contributed by atoms with E-state index < -0.39 is 0 Å². The lowest BCUT2D eigenvalue weighted by atomic mass is 9.68. The van der Waals surface area contributed by atoms with Gasteiger partial charge in [0.05, 0.1) is 24.4 Å². The van der Waals surface area contributed by atoms with E-state index in [4.69, 9.17) is 14.5 Å². The van der Waals surface area contributed by atoms with Gasteiger partial charge in [-0.2, -0.15) is 0 Å². The van der Waals surface area contributed by atoms with E-state index in [0.29, 0.717) is 12.1 Å². The molecule has 5 heterocycles. The largest absolute Gasteiger partial charge is 0.375 e. The quantitative estimate of drug-likeness (QED) is 0.589. The zero-order chi connectivity index (χ0) is 22.8. The van der Waals surface area contributed by atoms with Crippen molar-refractivity contribution < 1.29 is 9.47 Å². The zero-order valence-electron chi connectivity index (χ0n) is 20.4. The lowest BCUT2D eigenvalue weighted by Gasteiger charge is -2.47. The van der Waals surface area contributed by atoms with E-state index in [-0.39, 0.29) is 11.0 Å². The average Bonchev–Trinajstić information content (AvgIpc) is 3.35. The number of benzene rings is 1. The molecule has 1 aliphatic carbocycles. The van der Waals surface area contributed by atoms with Crippen LogP contribution in [0.1, 0.15) is 69.0 Å². The third kappa shape index (κ3) is 4.38. The van der Waals surface area contributed by atoms with Gasteiger partial charge in [0.25, 0.3) is 0 Å². The van der Waals surface area contributed by atoms with Crippen molar-refractivity contribution in [1.29, 1.82) is 0 Å².